The number of morpholine rings is 1. The summed E-state index contributed by atoms with van der Waals surface area (Å²) in [4.78, 5) is 35.9. The molecule has 0 unspecified atom stereocenters. The number of hydrogen-bond donors (Lipinski definition) is 1. The summed E-state index contributed by atoms with van der Waals surface area (Å²) in [6.45, 7) is 7.48. The smallest absolute Gasteiger partial charge is 0.378 e. The molecule has 2 aromatic rings. The molecule has 1 aromatic carbocycles. The zero-order valence-electron chi connectivity index (χ0n) is 22.3. The number of halogens is 3. The van der Waals surface area contributed by atoms with Crippen LogP contribution in [0, 0.1) is 18.8 Å². The van der Waals surface area contributed by atoms with Crippen LogP contribution < -0.4 is 15.1 Å². The van der Waals surface area contributed by atoms with Gasteiger partial charge in [-0.2, -0.15) is 13.2 Å². The first-order valence-electron chi connectivity index (χ1n) is 13.5. The number of benzene rings is 1. The second kappa shape index (κ2) is 11.0. The van der Waals surface area contributed by atoms with Crippen LogP contribution in [0.15, 0.2) is 30.3 Å². The van der Waals surface area contributed by atoms with Crippen LogP contribution in [0.5, 0.6) is 0 Å². The highest BCUT2D eigenvalue weighted by atomic mass is 19.4. The second-order valence-electron chi connectivity index (χ2n) is 10.7. The number of ether oxygens (including phenoxy) is 1. The number of urea groups is 1. The van der Waals surface area contributed by atoms with Crippen LogP contribution in [-0.2, 0) is 9.53 Å². The molecule has 0 bridgehead atoms. The number of pyridine rings is 1. The van der Waals surface area contributed by atoms with Crippen LogP contribution >= 0.6 is 0 Å². The first kappa shape index (κ1) is 27.2. The van der Waals surface area contributed by atoms with Gasteiger partial charge in [0, 0.05) is 50.7 Å². The number of carbonyl (C=O) groups is 2. The van der Waals surface area contributed by atoms with Crippen LogP contribution in [-0.4, -0.2) is 73.9 Å². The van der Waals surface area contributed by atoms with E-state index in [0.717, 1.165) is 28.9 Å². The minimum Gasteiger partial charge on any atom is -0.378 e. The molecule has 210 valence electrons. The number of rotatable bonds is 5. The normalized spacial score (nSPS) is 22.1. The molecule has 4 heterocycles. The first-order valence-corrected chi connectivity index (χ1v) is 13.5. The molecule has 5 rings (SSSR count). The van der Waals surface area contributed by atoms with E-state index in [1.165, 1.54) is 4.90 Å². The van der Waals surface area contributed by atoms with Gasteiger partial charge < -0.3 is 19.9 Å². The van der Waals surface area contributed by atoms with Gasteiger partial charge >= 0.3 is 12.2 Å². The Hall–Kier alpha value is -3.34. The van der Waals surface area contributed by atoms with Gasteiger partial charge in [-0.25, -0.2) is 9.78 Å². The molecule has 1 aromatic heterocycles. The minimum absolute atomic E-state index is 0.0520. The van der Waals surface area contributed by atoms with E-state index in [1.54, 1.807) is 11.0 Å². The molecule has 0 saturated carbocycles. The number of likely N-dealkylation sites (tertiary alicyclic amines) is 1. The van der Waals surface area contributed by atoms with E-state index in [-0.39, 0.29) is 18.4 Å². The standard InChI is InChI=1S/C28H34F3N5O3/c1-18-3-4-22(32-27(38)35-7-6-20(17-35)16-28(29,30)31)15-23(18)21-13-24(34-9-11-39-12-10-34)33-25(14-21)36-8-5-19(2)26(36)37/h3-4,13-15,19-20H,5-12,16-17H2,1-2H3,(H,32,38)/t19-,20+/m1/s1. The molecule has 39 heavy (non-hydrogen) atoms. The average Bonchev–Trinajstić information content (AvgIpc) is 3.50. The number of hydrogen-bond acceptors (Lipinski definition) is 5. The Balaban J connectivity index is 1.40. The van der Waals surface area contributed by atoms with Crippen LogP contribution in [0.3, 0.4) is 0 Å². The Labute approximate surface area is 226 Å². The van der Waals surface area contributed by atoms with E-state index >= 15 is 0 Å². The van der Waals surface area contributed by atoms with Crippen molar-refractivity contribution in [3.05, 3.63) is 35.9 Å². The van der Waals surface area contributed by atoms with Gasteiger partial charge in [0.05, 0.1) is 13.2 Å². The topological polar surface area (TPSA) is 78.0 Å². The second-order valence-corrected chi connectivity index (χ2v) is 10.7. The lowest BCUT2D eigenvalue weighted by atomic mass is 10.00. The fourth-order valence-electron chi connectivity index (χ4n) is 5.52. The molecule has 3 amide bonds. The summed E-state index contributed by atoms with van der Waals surface area (Å²) in [5, 5.41) is 2.86. The highest BCUT2D eigenvalue weighted by Crippen LogP contribution is 2.35. The van der Waals surface area contributed by atoms with Crippen molar-refractivity contribution in [1.29, 1.82) is 0 Å². The van der Waals surface area contributed by atoms with E-state index in [0.29, 0.717) is 57.3 Å². The van der Waals surface area contributed by atoms with Crippen molar-refractivity contribution in [2.75, 3.05) is 61.1 Å². The Morgan fingerprint density at radius 1 is 1.08 bits per heavy atom. The summed E-state index contributed by atoms with van der Waals surface area (Å²) < 4.78 is 43.9. The van der Waals surface area contributed by atoms with Crippen LogP contribution in [0.1, 0.15) is 31.7 Å². The molecule has 11 heteroatoms. The van der Waals surface area contributed by atoms with Crippen molar-refractivity contribution in [2.45, 2.75) is 39.3 Å². The van der Waals surface area contributed by atoms with Gasteiger partial charge in [0.15, 0.2) is 0 Å². The largest absolute Gasteiger partial charge is 0.389 e. The molecule has 3 fully saturated rings. The molecular weight excluding hydrogens is 511 g/mol. The highest BCUT2D eigenvalue weighted by molar-refractivity contribution is 5.97. The maximum absolute atomic E-state index is 12.9. The summed E-state index contributed by atoms with van der Waals surface area (Å²) in [5.74, 6) is 0.794. The summed E-state index contributed by atoms with van der Waals surface area (Å²) in [5.41, 5.74) is 3.28. The molecule has 8 nitrogen and oxygen atoms in total. The summed E-state index contributed by atoms with van der Waals surface area (Å²) in [6, 6.07) is 9.06. The lowest BCUT2D eigenvalue weighted by Crippen LogP contribution is -2.37. The van der Waals surface area contributed by atoms with E-state index in [2.05, 4.69) is 10.2 Å². The van der Waals surface area contributed by atoms with Gasteiger partial charge in [-0.1, -0.05) is 13.0 Å². The van der Waals surface area contributed by atoms with Crippen molar-refractivity contribution in [3.8, 4) is 11.1 Å². The fraction of sp³-hybridized carbons (Fsp3) is 0.536. The van der Waals surface area contributed by atoms with Crippen molar-refractivity contribution in [1.82, 2.24) is 9.88 Å². The average molecular weight is 546 g/mol. The summed E-state index contributed by atoms with van der Waals surface area (Å²) in [7, 11) is 0. The molecule has 0 aliphatic carbocycles. The summed E-state index contributed by atoms with van der Waals surface area (Å²) >= 11 is 0. The van der Waals surface area contributed by atoms with E-state index in [4.69, 9.17) is 9.72 Å². The van der Waals surface area contributed by atoms with Gasteiger partial charge in [-0.3, -0.25) is 9.69 Å². The number of aryl methyl sites for hydroxylation is 1. The molecule has 0 spiro atoms. The monoisotopic (exact) mass is 545 g/mol. The Morgan fingerprint density at radius 3 is 2.51 bits per heavy atom. The molecule has 3 aliphatic heterocycles. The van der Waals surface area contributed by atoms with E-state index in [9.17, 15) is 22.8 Å². The Morgan fingerprint density at radius 2 is 1.82 bits per heavy atom. The van der Waals surface area contributed by atoms with E-state index in [1.807, 2.05) is 38.1 Å². The number of carbonyl (C=O) groups excluding carboxylic acids is 2. The number of aromatic nitrogens is 1. The van der Waals surface area contributed by atoms with Crippen molar-refractivity contribution in [3.63, 3.8) is 0 Å². The number of amides is 3. The Kier molecular flexibility index (Phi) is 7.70. The Bertz CT molecular complexity index is 1230. The minimum atomic E-state index is -4.23. The zero-order valence-corrected chi connectivity index (χ0v) is 22.3. The van der Waals surface area contributed by atoms with Crippen LogP contribution in [0.4, 0.5) is 35.3 Å². The van der Waals surface area contributed by atoms with Gasteiger partial charge in [-0.15, -0.1) is 0 Å². The molecule has 0 radical (unpaired) electrons. The number of nitrogens with zero attached hydrogens (tertiary/aromatic N) is 4. The van der Waals surface area contributed by atoms with Crippen LogP contribution in [0.25, 0.3) is 11.1 Å². The lowest BCUT2D eigenvalue weighted by Gasteiger charge is -2.29. The highest BCUT2D eigenvalue weighted by Gasteiger charge is 2.36. The maximum atomic E-state index is 12.9. The third kappa shape index (κ3) is 6.29. The first-order chi connectivity index (χ1) is 18.6. The van der Waals surface area contributed by atoms with Gasteiger partial charge in [0.2, 0.25) is 5.91 Å². The molecule has 2 atom stereocenters. The van der Waals surface area contributed by atoms with E-state index < -0.39 is 24.5 Å². The SMILES string of the molecule is Cc1ccc(NC(=O)N2CC[C@@H](CC(F)(F)F)C2)cc1-c1cc(N2CCOCC2)nc(N2CC[C@@H](C)C2=O)c1. The third-order valence-corrected chi connectivity index (χ3v) is 7.78. The van der Waals surface area contributed by atoms with Crippen molar-refractivity contribution in [2.24, 2.45) is 11.8 Å². The molecule has 3 saturated heterocycles. The number of alkyl halides is 3. The fourth-order valence-corrected chi connectivity index (χ4v) is 5.52. The molecule has 3 aliphatic rings. The third-order valence-electron chi connectivity index (χ3n) is 7.78. The van der Waals surface area contributed by atoms with Crippen molar-refractivity contribution >= 4 is 29.3 Å². The van der Waals surface area contributed by atoms with Gasteiger partial charge in [0.1, 0.15) is 11.6 Å². The quantitative estimate of drug-likeness (QED) is 0.568. The van der Waals surface area contributed by atoms with Gasteiger partial charge in [0.25, 0.3) is 0 Å². The summed E-state index contributed by atoms with van der Waals surface area (Å²) in [6.07, 6.45) is -3.99. The molecular formula is C28H34F3N5O3. The van der Waals surface area contributed by atoms with Crippen LogP contribution in [0.2, 0.25) is 0 Å². The predicted octanol–water partition coefficient (Wildman–Crippen LogP) is 5.07. The number of anilines is 3. The van der Waals surface area contributed by atoms with Crippen molar-refractivity contribution < 1.29 is 27.5 Å². The number of nitrogens with one attached hydrogen (secondary N) is 1. The maximum Gasteiger partial charge on any atom is 0.389 e. The molecule has 1 N–H and O–H groups in total. The van der Waals surface area contributed by atoms with Gasteiger partial charge in [-0.05, 0) is 66.6 Å². The lowest BCUT2D eigenvalue weighted by molar-refractivity contribution is -0.143. The predicted molar refractivity (Wildman–Crippen MR) is 143 cm³/mol. The zero-order chi connectivity index (χ0) is 27.7.